The molecule has 0 saturated heterocycles. The van der Waals surface area contributed by atoms with Crippen LogP contribution in [-0.2, 0) is 6.54 Å². The molecule has 3 rings (SSSR count). The van der Waals surface area contributed by atoms with Gasteiger partial charge in [0, 0.05) is 25.0 Å². The van der Waals surface area contributed by atoms with Crippen LogP contribution in [0, 0.1) is 5.92 Å². The lowest BCUT2D eigenvalue weighted by Gasteiger charge is -2.18. The van der Waals surface area contributed by atoms with Gasteiger partial charge in [-0.15, -0.1) is 0 Å². The summed E-state index contributed by atoms with van der Waals surface area (Å²) in [6.45, 7) is 0.714. The van der Waals surface area contributed by atoms with Gasteiger partial charge in [0.1, 0.15) is 11.5 Å². The summed E-state index contributed by atoms with van der Waals surface area (Å²) in [7, 11) is 2.99. The van der Waals surface area contributed by atoms with Gasteiger partial charge in [-0.05, 0) is 30.9 Å². The molecule has 0 spiro atoms. The predicted molar refractivity (Wildman–Crippen MR) is 101 cm³/mol. The van der Waals surface area contributed by atoms with Crippen molar-refractivity contribution in [2.45, 2.75) is 31.5 Å². The van der Waals surface area contributed by atoms with Crippen LogP contribution in [0.3, 0.4) is 0 Å². The predicted octanol–water partition coefficient (Wildman–Crippen LogP) is 2.51. The Bertz CT molecular complexity index is 784. The molecular weight excluding hydrogens is 372 g/mol. The van der Waals surface area contributed by atoms with Gasteiger partial charge in [0.15, 0.2) is 0 Å². The Morgan fingerprint density at radius 3 is 2.78 bits per heavy atom. The normalized spacial score (nSPS) is 21.7. The van der Waals surface area contributed by atoms with E-state index in [4.69, 9.17) is 21.1 Å². The summed E-state index contributed by atoms with van der Waals surface area (Å²) in [6, 6.07) is 4.26. The zero-order valence-corrected chi connectivity index (χ0v) is 15.9. The number of hydrogen-bond donors (Lipinski definition) is 3. The zero-order valence-electron chi connectivity index (χ0n) is 15.2. The van der Waals surface area contributed by atoms with Crippen molar-refractivity contribution in [3.63, 3.8) is 0 Å². The molecule has 2 aromatic rings. The smallest absolute Gasteiger partial charge is 0.319 e. The number of benzene rings is 1. The zero-order chi connectivity index (χ0) is 19.4. The second-order valence-electron chi connectivity index (χ2n) is 6.52. The van der Waals surface area contributed by atoms with Crippen molar-refractivity contribution < 1.29 is 19.4 Å². The van der Waals surface area contributed by atoms with E-state index >= 15 is 0 Å². The molecule has 2 amide bonds. The quantitative estimate of drug-likeness (QED) is 0.699. The summed E-state index contributed by atoms with van der Waals surface area (Å²) >= 11 is 6.12. The molecular formula is C18H23ClN4O4. The second kappa shape index (κ2) is 8.49. The molecule has 3 atom stereocenters. The van der Waals surface area contributed by atoms with Gasteiger partial charge in [-0.25, -0.2) is 4.79 Å². The van der Waals surface area contributed by atoms with E-state index in [1.165, 1.54) is 14.2 Å². The lowest BCUT2D eigenvalue weighted by Crippen LogP contribution is -2.42. The lowest BCUT2D eigenvalue weighted by atomic mass is 10.1. The number of urea groups is 1. The molecule has 27 heavy (non-hydrogen) atoms. The van der Waals surface area contributed by atoms with Gasteiger partial charge in [-0.3, -0.25) is 4.68 Å². The first-order valence-corrected chi connectivity index (χ1v) is 9.02. The van der Waals surface area contributed by atoms with Crippen LogP contribution >= 0.6 is 11.6 Å². The highest BCUT2D eigenvalue weighted by Gasteiger charge is 2.34. The van der Waals surface area contributed by atoms with E-state index in [9.17, 15) is 9.90 Å². The maximum absolute atomic E-state index is 12.4. The number of anilines is 1. The van der Waals surface area contributed by atoms with Crippen molar-refractivity contribution in [3.05, 3.63) is 35.6 Å². The highest BCUT2D eigenvalue weighted by atomic mass is 35.5. The van der Waals surface area contributed by atoms with E-state index in [1.807, 2.05) is 16.9 Å². The highest BCUT2D eigenvalue weighted by Crippen LogP contribution is 2.36. The van der Waals surface area contributed by atoms with E-state index in [0.717, 1.165) is 0 Å². The first kappa shape index (κ1) is 19.3. The molecule has 1 aromatic heterocycles. The minimum Gasteiger partial charge on any atom is -0.495 e. The summed E-state index contributed by atoms with van der Waals surface area (Å²) < 4.78 is 12.3. The molecule has 1 aromatic carbocycles. The van der Waals surface area contributed by atoms with Crippen LogP contribution in [0.4, 0.5) is 10.5 Å². The summed E-state index contributed by atoms with van der Waals surface area (Å²) in [5, 5.41) is 20.4. The van der Waals surface area contributed by atoms with Crippen LogP contribution in [-0.4, -0.2) is 47.3 Å². The molecule has 0 bridgehead atoms. The SMILES string of the molecule is COc1cc(OC)c(NC(=O)N[C@@H]2CC(Cn3cccn3)C[C@H]2O)cc1Cl. The number of methoxy groups -OCH3 is 2. The number of halogens is 1. The van der Waals surface area contributed by atoms with Crippen molar-refractivity contribution in [2.24, 2.45) is 5.92 Å². The maximum Gasteiger partial charge on any atom is 0.319 e. The van der Waals surface area contributed by atoms with Crippen molar-refractivity contribution in [3.8, 4) is 11.5 Å². The van der Waals surface area contributed by atoms with Crippen LogP contribution in [0.1, 0.15) is 12.8 Å². The van der Waals surface area contributed by atoms with Crippen molar-refractivity contribution in [1.29, 1.82) is 0 Å². The molecule has 1 aliphatic rings. The number of aliphatic hydroxyl groups is 1. The molecule has 1 aliphatic carbocycles. The van der Waals surface area contributed by atoms with Gasteiger partial charge in [-0.2, -0.15) is 5.10 Å². The Labute approximate surface area is 162 Å². The molecule has 3 N–H and O–H groups in total. The molecule has 0 radical (unpaired) electrons. The number of amides is 2. The van der Waals surface area contributed by atoms with E-state index in [1.54, 1.807) is 18.3 Å². The third-order valence-electron chi connectivity index (χ3n) is 4.67. The third-order valence-corrected chi connectivity index (χ3v) is 4.96. The Kier molecular flexibility index (Phi) is 6.08. The van der Waals surface area contributed by atoms with E-state index in [2.05, 4.69) is 15.7 Å². The van der Waals surface area contributed by atoms with Gasteiger partial charge >= 0.3 is 6.03 Å². The standard InChI is InChI=1S/C18H23ClN4O4/c1-26-16-9-17(27-2)14(8-12(16)19)22-18(25)21-13-6-11(7-15(13)24)10-23-5-3-4-20-23/h3-5,8-9,11,13,15,24H,6-7,10H2,1-2H3,(H2,21,22,25)/t11?,13-,15-/m1/s1. The van der Waals surface area contributed by atoms with Crippen molar-refractivity contribution in [2.75, 3.05) is 19.5 Å². The third kappa shape index (κ3) is 4.64. The van der Waals surface area contributed by atoms with E-state index in [0.29, 0.717) is 41.6 Å². The molecule has 1 saturated carbocycles. The number of carbonyl (C=O) groups is 1. The number of rotatable bonds is 6. The fourth-order valence-corrected chi connectivity index (χ4v) is 3.62. The van der Waals surface area contributed by atoms with E-state index in [-0.39, 0.29) is 12.0 Å². The Balaban J connectivity index is 1.60. The number of ether oxygens (including phenoxy) is 2. The monoisotopic (exact) mass is 394 g/mol. The molecule has 9 heteroatoms. The minimum atomic E-state index is -0.599. The van der Waals surface area contributed by atoms with Crippen LogP contribution in [0.15, 0.2) is 30.6 Å². The summed E-state index contributed by atoms with van der Waals surface area (Å²) in [5.41, 5.74) is 0.418. The number of hydrogen-bond acceptors (Lipinski definition) is 5. The van der Waals surface area contributed by atoms with Crippen LogP contribution in [0.2, 0.25) is 5.02 Å². The summed E-state index contributed by atoms with van der Waals surface area (Å²) in [5.74, 6) is 1.12. The van der Waals surface area contributed by atoms with Gasteiger partial charge in [0.25, 0.3) is 0 Å². The number of aromatic nitrogens is 2. The topological polar surface area (TPSA) is 97.6 Å². The van der Waals surface area contributed by atoms with Gasteiger partial charge < -0.3 is 25.2 Å². The number of nitrogens with one attached hydrogen (secondary N) is 2. The summed E-state index contributed by atoms with van der Waals surface area (Å²) in [6.07, 6.45) is 4.30. The minimum absolute atomic E-state index is 0.246. The first-order valence-electron chi connectivity index (χ1n) is 8.64. The molecule has 146 valence electrons. The van der Waals surface area contributed by atoms with Gasteiger partial charge in [0.2, 0.25) is 0 Å². The molecule has 0 aliphatic heterocycles. The fraction of sp³-hybridized carbons (Fsp3) is 0.444. The number of aliphatic hydroxyl groups excluding tert-OH is 1. The van der Waals surface area contributed by atoms with Crippen LogP contribution in [0.5, 0.6) is 11.5 Å². The van der Waals surface area contributed by atoms with Gasteiger partial charge in [0.05, 0.1) is 37.1 Å². The summed E-state index contributed by atoms with van der Waals surface area (Å²) in [4.78, 5) is 12.4. The first-order chi connectivity index (χ1) is 13.0. The highest BCUT2D eigenvalue weighted by molar-refractivity contribution is 6.32. The van der Waals surface area contributed by atoms with Crippen LogP contribution in [0.25, 0.3) is 0 Å². The average Bonchev–Trinajstić information content (AvgIpc) is 3.25. The molecule has 1 unspecified atom stereocenters. The average molecular weight is 395 g/mol. The Morgan fingerprint density at radius 1 is 1.33 bits per heavy atom. The molecule has 1 fully saturated rings. The number of nitrogens with zero attached hydrogens (tertiary/aromatic N) is 2. The maximum atomic E-state index is 12.4. The van der Waals surface area contributed by atoms with E-state index < -0.39 is 12.1 Å². The van der Waals surface area contributed by atoms with Crippen molar-refractivity contribution in [1.82, 2.24) is 15.1 Å². The van der Waals surface area contributed by atoms with Crippen molar-refractivity contribution >= 4 is 23.3 Å². The molecule has 8 nitrogen and oxygen atoms in total. The second-order valence-corrected chi connectivity index (χ2v) is 6.93. The largest absolute Gasteiger partial charge is 0.495 e. The Hall–Kier alpha value is -2.45. The van der Waals surface area contributed by atoms with Crippen LogP contribution < -0.4 is 20.1 Å². The Morgan fingerprint density at radius 2 is 2.11 bits per heavy atom. The number of carbonyl (C=O) groups excluding carboxylic acids is 1. The molecule has 1 heterocycles. The lowest BCUT2D eigenvalue weighted by molar-refractivity contribution is 0.148. The van der Waals surface area contributed by atoms with Gasteiger partial charge in [-0.1, -0.05) is 11.6 Å². The fourth-order valence-electron chi connectivity index (χ4n) is 3.38.